The highest BCUT2D eigenvalue weighted by Gasteiger charge is 2.28. The lowest BCUT2D eigenvalue weighted by molar-refractivity contribution is 0.0781. The fourth-order valence-corrected chi connectivity index (χ4v) is 2.77. The van der Waals surface area contributed by atoms with Crippen LogP contribution in [-0.2, 0) is 0 Å². The summed E-state index contributed by atoms with van der Waals surface area (Å²) < 4.78 is 5.53. The van der Waals surface area contributed by atoms with Gasteiger partial charge in [-0.3, -0.25) is 9.89 Å². The number of hydrogen-bond donors (Lipinski definition) is 2. The van der Waals surface area contributed by atoms with Gasteiger partial charge in [-0.1, -0.05) is 0 Å². The molecular formula is C15H20N4O2. The molecular weight excluding hydrogens is 268 g/mol. The number of aromatic nitrogens is 2. The van der Waals surface area contributed by atoms with Crippen LogP contribution in [0.1, 0.15) is 22.7 Å². The number of hydrogen-bond acceptors (Lipinski definition) is 4. The number of aryl methyl sites for hydroxylation is 1. The molecule has 2 aromatic heterocycles. The zero-order valence-electron chi connectivity index (χ0n) is 12.3. The molecule has 0 aromatic carbocycles. The molecule has 1 aliphatic rings. The van der Waals surface area contributed by atoms with Crippen LogP contribution < -0.4 is 5.32 Å². The fraction of sp³-hybridized carbons (Fsp3) is 0.467. The molecule has 0 bridgehead atoms. The molecule has 1 amide bonds. The van der Waals surface area contributed by atoms with E-state index in [1.54, 1.807) is 6.07 Å². The van der Waals surface area contributed by atoms with Gasteiger partial charge in [0.2, 0.25) is 0 Å². The minimum absolute atomic E-state index is 0.0145. The molecule has 0 radical (unpaired) electrons. The molecule has 3 rings (SSSR count). The number of nitrogens with one attached hydrogen (secondary N) is 2. The summed E-state index contributed by atoms with van der Waals surface area (Å²) in [6.07, 6.45) is 1.04. The van der Waals surface area contributed by atoms with Gasteiger partial charge in [-0.2, -0.15) is 5.10 Å². The van der Waals surface area contributed by atoms with Crippen LogP contribution in [0.5, 0.6) is 0 Å². The Morgan fingerprint density at radius 3 is 3.14 bits per heavy atom. The number of carbonyl (C=O) groups is 1. The lowest BCUT2D eigenvalue weighted by Gasteiger charge is -2.14. The highest BCUT2D eigenvalue weighted by atomic mass is 16.3. The van der Waals surface area contributed by atoms with Crippen LogP contribution in [0.4, 0.5) is 0 Å². The monoisotopic (exact) mass is 288 g/mol. The van der Waals surface area contributed by atoms with E-state index in [-0.39, 0.29) is 5.91 Å². The van der Waals surface area contributed by atoms with Gasteiger partial charge in [-0.25, -0.2) is 0 Å². The lowest BCUT2D eigenvalue weighted by Crippen LogP contribution is -2.30. The minimum Gasteiger partial charge on any atom is -0.460 e. The maximum absolute atomic E-state index is 12.4. The Bertz CT molecular complexity index is 631. The van der Waals surface area contributed by atoms with Gasteiger partial charge in [0.05, 0.1) is 0 Å². The van der Waals surface area contributed by atoms with Crippen molar-refractivity contribution in [3.8, 4) is 11.5 Å². The number of furan rings is 1. The zero-order chi connectivity index (χ0) is 14.8. The third-order valence-corrected chi connectivity index (χ3v) is 3.87. The fourth-order valence-electron chi connectivity index (χ4n) is 2.77. The van der Waals surface area contributed by atoms with E-state index in [1.165, 1.54) is 0 Å². The largest absolute Gasteiger partial charge is 0.460 e. The van der Waals surface area contributed by atoms with Crippen molar-refractivity contribution < 1.29 is 9.21 Å². The van der Waals surface area contributed by atoms with Gasteiger partial charge in [-0.05, 0) is 45.0 Å². The first-order chi connectivity index (χ1) is 10.2. The number of rotatable bonds is 4. The maximum Gasteiger partial charge on any atom is 0.274 e. The van der Waals surface area contributed by atoms with Gasteiger partial charge >= 0.3 is 0 Å². The molecule has 112 valence electrons. The van der Waals surface area contributed by atoms with Gasteiger partial charge in [0.15, 0.2) is 11.5 Å². The van der Waals surface area contributed by atoms with Gasteiger partial charge in [0.1, 0.15) is 11.5 Å². The van der Waals surface area contributed by atoms with E-state index in [1.807, 2.05) is 31.0 Å². The Kier molecular flexibility index (Phi) is 3.79. The molecule has 2 aromatic rings. The van der Waals surface area contributed by atoms with Crippen LogP contribution in [0.2, 0.25) is 0 Å². The molecule has 1 unspecified atom stereocenters. The van der Waals surface area contributed by atoms with Crippen molar-refractivity contribution in [2.45, 2.75) is 13.3 Å². The number of amides is 1. The zero-order valence-corrected chi connectivity index (χ0v) is 12.3. The third kappa shape index (κ3) is 2.85. The predicted molar refractivity (Wildman–Crippen MR) is 79.0 cm³/mol. The van der Waals surface area contributed by atoms with E-state index in [0.29, 0.717) is 17.4 Å². The average Bonchev–Trinajstić information content (AvgIpc) is 3.17. The van der Waals surface area contributed by atoms with Crippen molar-refractivity contribution in [3.63, 3.8) is 0 Å². The van der Waals surface area contributed by atoms with Gasteiger partial charge in [0.25, 0.3) is 5.91 Å². The molecule has 21 heavy (non-hydrogen) atoms. The average molecular weight is 288 g/mol. The van der Waals surface area contributed by atoms with E-state index in [0.717, 1.165) is 37.5 Å². The summed E-state index contributed by atoms with van der Waals surface area (Å²) in [5.41, 5.74) is 1.18. The highest BCUT2D eigenvalue weighted by Crippen LogP contribution is 2.22. The second-order valence-electron chi connectivity index (χ2n) is 5.54. The van der Waals surface area contributed by atoms with E-state index >= 15 is 0 Å². The van der Waals surface area contributed by atoms with Crippen LogP contribution >= 0.6 is 0 Å². The normalized spacial score (nSPS) is 18.4. The summed E-state index contributed by atoms with van der Waals surface area (Å²) in [4.78, 5) is 14.3. The molecule has 2 N–H and O–H groups in total. The molecule has 0 saturated carbocycles. The maximum atomic E-state index is 12.4. The van der Waals surface area contributed by atoms with Crippen LogP contribution in [-0.4, -0.2) is 47.7 Å². The molecule has 6 heteroatoms. The topological polar surface area (TPSA) is 74.2 Å². The second-order valence-corrected chi connectivity index (χ2v) is 5.54. The Hall–Kier alpha value is -2.08. The number of likely N-dealkylation sites (tertiary alicyclic amines) is 1. The van der Waals surface area contributed by atoms with Crippen LogP contribution in [0.3, 0.4) is 0 Å². The van der Waals surface area contributed by atoms with Crippen molar-refractivity contribution in [1.29, 1.82) is 0 Å². The number of carbonyl (C=O) groups excluding carboxylic acids is 1. The summed E-state index contributed by atoms with van der Waals surface area (Å²) in [6.45, 7) is 4.42. The molecule has 0 aliphatic carbocycles. The van der Waals surface area contributed by atoms with E-state index in [2.05, 4.69) is 15.5 Å². The molecule has 1 aliphatic heterocycles. The van der Waals surface area contributed by atoms with Crippen LogP contribution in [0.25, 0.3) is 11.5 Å². The predicted octanol–water partition coefficient (Wildman–Crippen LogP) is 1.66. The Balaban J connectivity index is 1.70. The smallest absolute Gasteiger partial charge is 0.274 e. The first kappa shape index (κ1) is 13.9. The molecule has 1 atom stereocenters. The minimum atomic E-state index is -0.0145. The van der Waals surface area contributed by atoms with Gasteiger partial charge in [0, 0.05) is 19.2 Å². The summed E-state index contributed by atoms with van der Waals surface area (Å²) in [6, 6.07) is 5.52. The third-order valence-electron chi connectivity index (χ3n) is 3.87. The molecule has 1 fully saturated rings. The van der Waals surface area contributed by atoms with Gasteiger partial charge in [-0.15, -0.1) is 0 Å². The van der Waals surface area contributed by atoms with E-state index < -0.39 is 0 Å². The van der Waals surface area contributed by atoms with Crippen molar-refractivity contribution in [2.75, 3.05) is 26.7 Å². The number of aromatic amines is 1. The Labute approximate surface area is 123 Å². The number of H-pyrrole nitrogens is 1. The van der Waals surface area contributed by atoms with Crippen molar-refractivity contribution >= 4 is 5.91 Å². The molecule has 0 spiro atoms. The van der Waals surface area contributed by atoms with Gasteiger partial charge < -0.3 is 14.6 Å². The second kappa shape index (κ2) is 5.73. The molecule has 6 nitrogen and oxygen atoms in total. The summed E-state index contributed by atoms with van der Waals surface area (Å²) in [7, 11) is 1.94. The summed E-state index contributed by atoms with van der Waals surface area (Å²) in [5, 5.41) is 10.2. The lowest BCUT2D eigenvalue weighted by atomic mass is 10.1. The standard InChI is InChI=1S/C15H20N4O2/c1-10-3-4-14(21-10)12-7-13(18-17-12)15(20)19-6-5-11(9-19)8-16-2/h3-4,7,11,16H,5-6,8-9H2,1-2H3,(H,17,18). The number of nitrogens with zero attached hydrogens (tertiary/aromatic N) is 2. The highest BCUT2D eigenvalue weighted by molar-refractivity contribution is 5.93. The molecule has 3 heterocycles. The summed E-state index contributed by atoms with van der Waals surface area (Å²) >= 11 is 0. The first-order valence-electron chi connectivity index (χ1n) is 7.23. The Morgan fingerprint density at radius 1 is 1.57 bits per heavy atom. The SMILES string of the molecule is CNCC1CCN(C(=O)c2cc(-c3ccc(C)o3)[nH]n2)C1. The molecule has 1 saturated heterocycles. The van der Waals surface area contributed by atoms with Crippen LogP contribution in [0, 0.1) is 12.8 Å². The van der Waals surface area contributed by atoms with Crippen LogP contribution in [0.15, 0.2) is 22.6 Å². The van der Waals surface area contributed by atoms with E-state index in [9.17, 15) is 4.79 Å². The van der Waals surface area contributed by atoms with Crippen molar-refractivity contribution in [3.05, 3.63) is 29.7 Å². The van der Waals surface area contributed by atoms with Crippen molar-refractivity contribution in [2.24, 2.45) is 5.92 Å². The first-order valence-corrected chi connectivity index (χ1v) is 7.23. The summed E-state index contributed by atoms with van der Waals surface area (Å²) in [5.74, 6) is 2.06. The quantitative estimate of drug-likeness (QED) is 0.897. The van der Waals surface area contributed by atoms with E-state index in [4.69, 9.17) is 4.42 Å². The Morgan fingerprint density at radius 2 is 2.43 bits per heavy atom. The van der Waals surface area contributed by atoms with Crippen molar-refractivity contribution in [1.82, 2.24) is 20.4 Å².